The summed E-state index contributed by atoms with van der Waals surface area (Å²) in [4.78, 5) is -0.188. The first-order valence-electron chi connectivity index (χ1n) is 5.82. The summed E-state index contributed by atoms with van der Waals surface area (Å²) in [6.07, 6.45) is 1.12. The van der Waals surface area contributed by atoms with Crippen LogP contribution in [0.1, 0.15) is 19.0 Å². The van der Waals surface area contributed by atoms with Crippen LogP contribution in [0.2, 0.25) is 5.15 Å². The molecule has 1 aromatic heterocycles. The van der Waals surface area contributed by atoms with Crippen molar-refractivity contribution in [1.29, 1.82) is 0 Å². The Bertz CT molecular complexity index is 727. The molecule has 0 atom stereocenters. The predicted octanol–water partition coefficient (Wildman–Crippen LogP) is 3.54. The van der Waals surface area contributed by atoms with Crippen LogP contribution < -0.4 is 0 Å². The SMILES string of the molecule is CCCc1nn(-c2ccc(F)cc2)c(Cl)c1S(=O)(=O)Cl. The first-order chi connectivity index (χ1) is 9.34. The maximum Gasteiger partial charge on any atom is 0.266 e. The van der Waals surface area contributed by atoms with E-state index in [1.54, 1.807) is 0 Å². The number of aryl methyl sites for hydroxylation is 1. The number of benzene rings is 1. The molecule has 8 heteroatoms. The average molecular weight is 337 g/mol. The van der Waals surface area contributed by atoms with Crippen molar-refractivity contribution in [1.82, 2.24) is 9.78 Å². The van der Waals surface area contributed by atoms with E-state index in [4.69, 9.17) is 22.3 Å². The molecular weight excluding hydrogens is 326 g/mol. The van der Waals surface area contributed by atoms with Gasteiger partial charge in [-0.05, 0) is 30.7 Å². The van der Waals surface area contributed by atoms with Crippen LogP contribution in [0.5, 0.6) is 0 Å². The normalized spacial score (nSPS) is 11.8. The molecule has 0 amide bonds. The van der Waals surface area contributed by atoms with E-state index in [-0.39, 0.29) is 10.0 Å². The van der Waals surface area contributed by atoms with Gasteiger partial charge in [-0.2, -0.15) is 5.10 Å². The molecular formula is C12H11Cl2FN2O2S. The summed E-state index contributed by atoms with van der Waals surface area (Å²) in [5.41, 5.74) is 0.761. The number of hydrogen-bond donors (Lipinski definition) is 0. The number of rotatable bonds is 4. The van der Waals surface area contributed by atoms with Crippen LogP contribution in [-0.2, 0) is 15.5 Å². The van der Waals surface area contributed by atoms with E-state index in [0.717, 1.165) is 0 Å². The van der Waals surface area contributed by atoms with Crippen molar-refractivity contribution < 1.29 is 12.8 Å². The van der Waals surface area contributed by atoms with Crippen molar-refractivity contribution in [2.45, 2.75) is 24.7 Å². The third-order valence-electron chi connectivity index (χ3n) is 2.66. The quantitative estimate of drug-likeness (QED) is 0.802. The van der Waals surface area contributed by atoms with Crippen LogP contribution in [-0.4, -0.2) is 18.2 Å². The van der Waals surface area contributed by atoms with Gasteiger partial charge in [0.1, 0.15) is 10.7 Å². The third-order valence-corrected chi connectivity index (χ3v) is 4.50. The number of nitrogens with zero attached hydrogens (tertiary/aromatic N) is 2. The van der Waals surface area contributed by atoms with Gasteiger partial charge >= 0.3 is 0 Å². The smallest absolute Gasteiger partial charge is 0.221 e. The minimum atomic E-state index is -4.00. The van der Waals surface area contributed by atoms with Gasteiger partial charge in [-0.1, -0.05) is 24.9 Å². The van der Waals surface area contributed by atoms with E-state index in [2.05, 4.69) is 5.10 Å². The van der Waals surface area contributed by atoms with Gasteiger partial charge in [0.05, 0.1) is 11.4 Å². The molecule has 0 aliphatic carbocycles. The molecule has 4 nitrogen and oxygen atoms in total. The van der Waals surface area contributed by atoms with Crippen LogP contribution in [0.25, 0.3) is 5.69 Å². The molecule has 0 saturated heterocycles. The summed E-state index contributed by atoms with van der Waals surface area (Å²) < 4.78 is 37.4. The first-order valence-corrected chi connectivity index (χ1v) is 8.51. The molecule has 2 aromatic rings. The Morgan fingerprint density at radius 1 is 1.30 bits per heavy atom. The Hall–Kier alpha value is -1.11. The Balaban J connectivity index is 2.64. The van der Waals surface area contributed by atoms with Crippen molar-refractivity contribution in [3.05, 3.63) is 40.9 Å². The average Bonchev–Trinajstić information content (AvgIpc) is 2.67. The second-order valence-corrected chi connectivity index (χ2v) is 7.00. The zero-order valence-electron chi connectivity index (χ0n) is 10.5. The molecule has 0 unspecified atom stereocenters. The predicted molar refractivity (Wildman–Crippen MR) is 75.6 cm³/mol. The maximum absolute atomic E-state index is 12.9. The number of hydrogen-bond acceptors (Lipinski definition) is 3. The van der Waals surface area contributed by atoms with Crippen molar-refractivity contribution in [3.63, 3.8) is 0 Å². The maximum atomic E-state index is 12.9. The molecule has 0 radical (unpaired) electrons. The second-order valence-electron chi connectivity index (χ2n) is 4.14. The lowest BCUT2D eigenvalue weighted by atomic mass is 10.2. The highest BCUT2D eigenvalue weighted by Gasteiger charge is 2.26. The van der Waals surface area contributed by atoms with Crippen LogP contribution >= 0.6 is 22.3 Å². The molecule has 0 fully saturated rings. The fourth-order valence-corrected chi connectivity index (χ4v) is 3.69. The van der Waals surface area contributed by atoms with Crippen LogP contribution in [0.15, 0.2) is 29.2 Å². The van der Waals surface area contributed by atoms with Crippen molar-refractivity contribution in [3.8, 4) is 5.69 Å². The standard InChI is InChI=1S/C12H11Cl2FN2O2S/c1-2-3-10-11(20(14,18)19)12(13)17(16-10)9-6-4-8(15)5-7-9/h4-7H,2-3H2,1H3. The highest BCUT2D eigenvalue weighted by Crippen LogP contribution is 2.31. The Kier molecular flexibility index (Phi) is 4.36. The van der Waals surface area contributed by atoms with Crippen molar-refractivity contribution >= 4 is 31.3 Å². The summed E-state index contributed by atoms with van der Waals surface area (Å²) >= 11 is 6.07. The minimum absolute atomic E-state index is 0.102. The first kappa shape index (κ1) is 15.3. The Morgan fingerprint density at radius 2 is 1.90 bits per heavy atom. The molecule has 1 heterocycles. The lowest BCUT2D eigenvalue weighted by Gasteiger charge is -2.02. The molecule has 0 aliphatic heterocycles. The van der Waals surface area contributed by atoms with Gasteiger partial charge in [-0.3, -0.25) is 0 Å². The van der Waals surface area contributed by atoms with Gasteiger partial charge in [0.2, 0.25) is 0 Å². The molecule has 0 bridgehead atoms. The van der Waals surface area contributed by atoms with Crippen LogP contribution in [0.4, 0.5) is 4.39 Å². The van der Waals surface area contributed by atoms with E-state index in [1.165, 1.54) is 28.9 Å². The van der Waals surface area contributed by atoms with Crippen molar-refractivity contribution in [2.24, 2.45) is 0 Å². The van der Waals surface area contributed by atoms with Gasteiger partial charge in [-0.15, -0.1) is 0 Å². The molecule has 20 heavy (non-hydrogen) atoms. The van der Waals surface area contributed by atoms with E-state index >= 15 is 0 Å². The summed E-state index contributed by atoms with van der Waals surface area (Å²) in [6.45, 7) is 1.88. The van der Waals surface area contributed by atoms with Gasteiger partial charge in [0.15, 0.2) is 5.15 Å². The van der Waals surface area contributed by atoms with Crippen LogP contribution in [0, 0.1) is 5.82 Å². The van der Waals surface area contributed by atoms with E-state index in [0.29, 0.717) is 24.2 Å². The molecule has 0 N–H and O–H groups in total. The molecule has 108 valence electrons. The fourth-order valence-electron chi connectivity index (χ4n) is 1.82. The highest BCUT2D eigenvalue weighted by molar-refractivity contribution is 8.13. The topological polar surface area (TPSA) is 52.0 Å². The zero-order chi connectivity index (χ0) is 14.9. The van der Waals surface area contributed by atoms with E-state index < -0.39 is 14.9 Å². The zero-order valence-corrected chi connectivity index (χ0v) is 12.8. The summed E-state index contributed by atoms with van der Waals surface area (Å²) in [5, 5.41) is 4.06. The number of aromatic nitrogens is 2. The summed E-state index contributed by atoms with van der Waals surface area (Å²) in [7, 11) is 1.41. The van der Waals surface area contributed by atoms with Crippen molar-refractivity contribution in [2.75, 3.05) is 0 Å². The van der Waals surface area contributed by atoms with Crippen LogP contribution in [0.3, 0.4) is 0 Å². The van der Waals surface area contributed by atoms with E-state index in [1.807, 2.05) is 6.92 Å². The second kappa shape index (κ2) is 5.71. The third kappa shape index (κ3) is 2.97. The van der Waals surface area contributed by atoms with Gasteiger partial charge < -0.3 is 0 Å². The summed E-state index contributed by atoms with van der Waals surface area (Å²) in [6, 6.07) is 5.38. The molecule has 0 aliphatic rings. The van der Waals surface area contributed by atoms with E-state index in [9.17, 15) is 12.8 Å². The lowest BCUT2D eigenvalue weighted by Crippen LogP contribution is -1.97. The fraction of sp³-hybridized carbons (Fsp3) is 0.250. The number of halogens is 3. The van der Waals surface area contributed by atoms with Gasteiger partial charge in [0.25, 0.3) is 9.05 Å². The van der Waals surface area contributed by atoms with Gasteiger partial charge in [0, 0.05) is 10.7 Å². The Morgan fingerprint density at radius 3 is 2.40 bits per heavy atom. The monoisotopic (exact) mass is 336 g/mol. The summed E-state index contributed by atoms with van der Waals surface area (Å²) in [5.74, 6) is -0.406. The van der Waals surface area contributed by atoms with Gasteiger partial charge in [-0.25, -0.2) is 17.5 Å². The highest BCUT2D eigenvalue weighted by atomic mass is 35.7. The molecule has 0 saturated carbocycles. The largest absolute Gasteiger partial charge is 0.266 e. The molecule has 0 spiro atoms. The lowest BCUT2D eigenvalue weighted by molar-refractivity contribution is 0.608. The molecule has 1 aromatic carbocycles. The minimum Gasteiger partial charge on any atom is -0.221 e. The molecule has 2 rings (SSSR count). The Labute approximate surface area is 125 Å².